The number of nitrogens with one attached hydrogen (secondary N) is 1. The summed E-state index contributed by atoms with van der Waals surface area (Å²) >= 11 is 0. The zero-order valence-corrected chi connectivity index (χ0v) is 10.3. The Morgan fingerprint density at radius 1 is 1.00 bits per heavy atom. The number of H-pyrrole nitrogens is 1. The molecule has 0 atom stereocenters. The first-order valence-electron chi connectivity index (χ1n) is 6.04. The van der Waals surface area contributed by atoms with Gasteiger partial charge in [-0.3, -0.25) is 4.98 Å². The van der Waals surface area contributed by atoms with Gasteiger partial charge >= 0.3 is 0 Å². The van der Waals surface area contributed by atoms with Gasteiger partial charge in [0.25, 0.3) is 0 Å². The van der Waals surface area contributed by atoms with Crippen LogP contribution in [0.25, 0.3) is 11.1 Å². The molecule has 0 spiro atoms. The molecule has 3 aromatic rings. The van der Waals surface area contributed by atoms with E-state index in [4.69, 9.17) is 4.74 Å². The van der Waals surface area contributed by atoms with Gasteiger partial charge in [0.2, 0.25) is 5.88 Å². The van der Waals surface area contributed by atoms with E-state index in [1.165, 1.54) is 0 Å². The van der Waals surface area contributed by atoms with Gasteiger partial charge in [-0.2, -0.15) is 5.10 Å². The fourth-order valence-corrected chi connectivity index (χ4v) is 1.85. The molecule has 0 aliphatic heterocycles. The average Bonchev–Trinajstić information content (AvgIpc) is 2.95. The van der Waals surface area contributed by atoms with Crippen molar-refractivity contribution in [1.29, 1.82) is 0 Å². The van der Waals surface area contributed by atoms with Crippen LogP contribution in [0.15, 0.2) is 61.1 Å². The number of ether oxygens (including phenoxy) is 1. The fraction of sp³-hybridized carbons (Fsp3) is 0.0667. The normalized spacial score (nSPS) is 10.3. The van der Waals surface area contributed by atoms with E-state index in [0.29, 0.717) is 12.5 Å². The SMILES string of the molecule is c1ccc(COc2[nH]ncc2-c2ccncc2)cc1. The second-order valence-electron chi connectivity index (χ2n) is 4.12. The van der Waals surface area contributed by atoms with Crippen molar-refractivity contribution in [2.24, 2.45) is 0 Å². The molecular weight excluding hydrogens is 238 g/mol. The number of benzene rings is 1. The van der Waals surface area contributed by atoms with Crippen molar-refractivity contribution in [2.45, 2.75) is 6.61 Å². The van der Waals surface area contributed by atoms with Crippen LogP contribution in [0.4, 0.5) is 0 Å². The molecular formula is C15H13N3O. The van der Waals surface area contributed by atoms with Crippen molar-refractivity contribution in [3.8, 4) is 17.0 Å². The number of hydrogen-bond donors (Lipinski definition) is 1. The van der Waals surface area contributed by atoms with Crippen LogP contribution in [0.3, 0.4) is 0 Å². The number of pyridine rings is 1. The fourth-order valence-electron chi connectivity index (χ4n) is 1.85. The Balaban J connectivity index is 1.78. The molecule has 94 valence electrons. The average molecular weight is 251 g/mol. The smallest absolute Gasteiger partial charge is 0.217 e. The van der Waals surface area contributed by atoms with Crippen LogP contribution in [-0.4, -0.2) is 15.2 Å². The van der Waals surface area contributed by atoms with Gasteiger partial charge in [-0.25, -0.2) is 5.10 Å². The highest BCUT2D eigenvalue weighted by Gasteiger charge is 2.08. The van der Waals surface area contributed by atoms with E-state index >= 15 is 0 Å². The second kappa shape index (κ2) is 5.35. The van der Waals surface area contributed by atoms with Crippen LogP contribution in [0.2, 0.25) is 0 Å². The van der Waals surface area contributed by atoms with E-state index in [1.54, 1.807) is 18.6 Å². The summed E-state index contributed by atoms with van der Waals surface area (Å²) in [6.07, 6.45) is 5.27. The van der Waals surface area contributed by atoms with Crippen molar-refractivity contribution in [2.75, 3.05) is 0 Å². The predicted octanol–water partition coefficient (Wildman–Crippen LogP) is 3.05. The molecule has 3 rings (SSSR count). The minimum atomic E-state index is 0.515. The molecule has 2 aromatic heterocycles. The summed E-state index contributed by atoms with van der Waals surface area (Å²) in [5.74, 6) is 0.676. The lowest BCUT2D eigenvalue weighted by Gasteiger charge is -2.06. The molecule has 0 saturated heterocycles. The number of hydrogen-bond acceptors (Lipinski definition) is 3. The summed E-state index contributed by atoms with van der Waals surface area (Å²) in [5.41, 5.74) is 3.10. The molecule has 0 amide bonds. The first kappa shape index (κ1) is 11.5. The van der Waals surface area contributed by atoms with Crippen LogP contribution in [0.5, 0.6) is 5.88 Å². The zero-order valence-electron chi connectivity index (χ0n) is 10.3. The zero-order chi connectivity index (χ0) is 12.9. The van der Waals surface area contributed by atoms with Crippen LogP contribution in [0, 0.1) is 0 Å². The Labute approximate surface area is 111 Å². The lowest BCUT2D eigenvalue weighted by Crippen LogP contribution is -1.96. The molecule has 1 aromatic carbocycles. The molecule has 0 aliphatic rings. The van der Waals surface area contributed by atoms with Crippen LogP contribution >= 0.6 is 0 Å². The number of aromatic amines is 1. The molecule has 0 radical (unpaired) electrons. The maximum atomic E-state index is 5.78. The maximum absolute atomic E-state index is 5.78. The quantitative estimate of drug-likeness (QED) is 0.775. The Kier molecular flexibility index (Phi) is 3.23. The Bertz CT molecular complexity index is 635. The lowest BCUT2D eigenvalue weighted by molar-refractivity contribution is 0.294. The summed E-state index contributed by atoms with van der Waals surface area (Å²) in [5, 5.41) is 6.92. The summed E-state index contributed by atoms with van der Waals surface area (Å²) in [7, 11) is 0. The lowest BCUT2D eigenvalue weighted by atomic mass is 10.1. The summed E-state index contributed by atoms with van der Waals surface area (Å²) in [6, 6.07) is 13.9. The second-order valence-corrected chi connectivity index (χ2v) is 4.12. The van der Waals surface area contributed by atoms with Crippen LogP contribution in [0.1, 0.15) is 5.56 Å². The molecule has 0 bridgehead atoms. The molecule has 0 aliphatic carbocycles. The van der Waals surface area contributed by atoms with E-state index in [9.17, 15) is 0 Å². The van der Waals surface area contributed by atoms with Crippen molar-refractivity contribution < 1.29 is 4.74 Å². The molecule has 2 heterocycles. The van der Waals surface area contributed by atoms with Gasteiger partial charge < -0.3 is 4.74 Å². The third-order valence-electron chi connectivity index (χ3n) is 2.82. The Hall–Kier alpha value is -2.62. The molecule has 4 nitrogen and oxygen atoms in total. The summed E-state index contributed by atoms with van der Waals surface area (Å²) in [4.78, 5) is 4.01. The predicted molar refractivity (Wildman–Crippen MR) is 72.6 cm³/mol. The molecule has 4 heteroatoms. The monoisotopic (exact) mass is 251 g/mol. The maximum Gasteiger partial charge on any atom is 0.217 e. The van der Waals surface area contributed by atoms with E-state index in [2.05, 4.69) is 15.2 Å². The van der Waals surface area contributed by atoms with Crippen molar-refractivity contribution in [1.82, 2.24) is 15.2 Å². The van der Waals surface area contributed by atoms with Gasteiger partial charge in [0.15, 0.2) is 0 Å². The molecule has 19 heavy (non-hydrogen) atoms. The first-order chi connectivity index (χ1) is 9.43. The summed E-state index contributed by atoms with van der Waals surface area (Å²) in [6.45, 7) is 0.515. The highest BCUT2D eigenvalue weighted by atomic mass is 16.5. The van der Waals surface area contributed by atoms with Gasteiger partial charge in [-0.1, -0.05) is 30.3 Å². The number of rotatable bonds is 4. The van der Waals surface area contributed by atoms with Crippen molar-refractivity contribution in [3.05, 3.63) is 66.6 Å². The van der Waals surface area contributed by atoms with Gasteiger partial charge in [0.1, 0.15) is 6.61 Å². The minimum absolute atomic E-state index is 0.515. The number of aromatic nitrogens is 3. The van der Waals surface area contributed by atoms with Gasteiger partial charge in [0.05, 0.1) is 11.8 Å². The van der Waals surface area contributed by atoms with E-state index in [-0.39, 0.29) is 0 Å². The third-order valence-corrected chi connectivity index (χ3v) is 2.82. The Morgan fingerprint density at radius 3 is 2.58 bits per heavy atom. The van der Waals surface area contributed by atoms with Gasteiger partial charge in [-0.15, -0.1) is 0 Å². The van der Waals surface area contributed by atoms with E-state index < -0.39 is 0 Å². The Morgan fingerprint density at radius 2 is 1.79 bits per heavy atom. The molecule has 0 unspecified atom stereocenters. The first-order valence-corrected chi connectivity index (χ1v) is 6.04. The van der Waals surface area contributed by atoms with Crippen molar-refractivity contribution >= 4 is 0 Å². The third kappa shape index (κ3) is 2.63. The van der Waals surface area contributed by atoms with E-state index in [1.807, 2.05) is 42.5 Å². The van der Waals surface area contributed by atoms with Crippen LogP contribution in [-0.2, 0) is 6.61 Å². The minimum Gasteiger partial charge on any atom is -0.473 e. The van der Waals surface area contributed by atoms with Crippen LogP contribution < -0.4 is 4.74 Å². The standard InChI is InChI=1S/C15H13N3O/c1-2-4-12(5-3-1)11-19-15-14(10-17-18-15)13-6-8-16-9-7-13/h1-10H,11H2,(H,17,18). The largest absolute Gasteiger partial charge is 0.473 e. The van der Waals surface area contributed by atoms with E-state index in [0.717, 1.165) is 16.7 Å². The highest BCUT2D eigenvalue weighted by molar-refractivity contribution is 5.67. The number of nitrogens with zero attached hydrogens (tertiary/aromatic N) is 2. The molecule has 0 saturated carbocycles. The summed E-state index contributed by atoms with van der Waals surface area (Å²) < 4.78 is 5.78. The molecule has 1 N–H and O–H groups in total. The topological polar surface area (TPSA) is 50.8 Å². The van der Waals surface area contributed by atoms with Gasteiger partial charge in [-0.05, 0) is 23.3 Å². The molecule has 0 fully saturated rings. The van der Waals surface area contributed by atoms with Gasteiger partial charge in [0, 0.05) is 12.4 Å². The highest BCUT2D eigenvalue weighted by Crippen LogP contribution is 2.27. The van der Waals surface area contributed by atoms with Crippen molar-refractivity contribution in [3.63, 3.8) is 0 Å².